The molecule has 0 bridgehead atoms. The first kappa shape index (κ1) is 25.0. The molecule has 37 heavy (non-hydrogen) atoms. The van der Waals surface area contributed by atoms with E-state index in [9.17, 15) is 13.2 Å². The van der Waals surface area contributed by atoms with Crippen LogP contribution in [0.4, 0.5) is 5.69 Å². The molecule has 2 heterocycles. The number of amides is 1. The van der Waals surface area contributed by atoms with Crippen molar-refractivity contribution >= 4 is 43.2 Å². The van der Waals surface area contributed by atoms with Crippen LogP contribution in [0, 0.1) is 0 Å². The van der Waals surface area contributed by atoms with E-state index in [-0.39, 0.29) is 16.9 Å². The lowest BCUT2D eigenvalue weighted by atomic mass is 10.1. The van der Waals surface area contributed by atoms with Gasteiger partial charge in [0.25, 0.3) is 21.1 Å². The molecule has 8 nitrogen and oxygen atoms in total. The summed E-state index contributed by atoms with van der Waals surface area (Å²) in [7, 11) is -0.589. The third-order valence-corrected chi connectivity index (χ3v) is 9.18. The molecule has 1 amide bonds. The van der Waals surface area contributed by atoms with Crippen molar-refractivity contribution in [3.63, 3.8) is 0 Å². The number of piperidine rings is 1. The first-order valence-corrected chi connectivity index (χ1v) is 14.2. The first-order valence-electron chi connectivity index (χ1n) is 11.9. The Hall–Kier alpha value is -3.63. The SMILES string of the molecule is COc1ccc2sc(OC3CCN(C(=O)c4ccc(S(=O)(=O)N(C)c5ccccc5)cc4)CC3)nc2c1. The van der Waals surface area contributed by atoms with Gasteiger partial charge in [-0.3, -0.25) is 9.10 Å². The topological polar surface area (TPSA) is 89.0 Å². The van der Waals surface area contributed by atoms with E-state index in [0.717, 1.165) is 16.0 Å². The van der Waals surface area contributed by atoms with Crippen molar-refractivity contribution in [2.24, 2.45) is 0 Å². The fourth-order valence-corrected chi connectivity index (χ4v) is 6.33. The van der Waals surface area contributed by atoms with Gasteiger partial charge < -0.3 is 14.4 Å². The van der Waals surface area contributed by atoms with Crippen LogP contribution in [0.15, 0.2) is 77.7 Å². The van der Waals surface area contributed by atoms with Gasteiger partial charge in [0.1, 0.15) is 11.9 Å². The van der Waals surface area contributed by atoms with Gasteiger partial charge in [-0.15, -0.1) is 0 Å². The number of hydrogen-bond acceptors (Lipinski definition) is 7. The highest BCUT2D eigenvalue weighted by Gasteiger charge is 2.27. The Morgan fingerprint density at radius 3 is 2.41 bits per heavy atom. The predicted molar refractivity (Wildman–Crippen MR) is 144 cm³/mol. The number of ether oxygens (including phenoxy) is 2. The maximum atomic E-state index is 13.1. The van der Waals surface area contributed by atoms with Crippen molar-refractivity contribution in [2.75, 3.05) is 31.6 Å². The zero-order valence-electron chi connectivity index (χ0n) is 20.5. The third kappa shape index (κ3) is 5.26. The molecule has 1 aromatic heterocycles. The summed E-state index contributed by atoms with van der Waals surface area (Å²) in [5, 5.41) is 0.616. The summed E-state index contributed by atoms with van der Waals surface area (Å²) in [4.78, 5) is 19.5. The molecule has 3 aromatic carbocycles. The molecule has 1 aliphatic heterocycles. The number of sulfonamides is 1. The molecule has 10 heteroatoms. The minimum Gasteiger partial charge on any atom is -0.497 e. The van der Waals surface area contributed by atoms with E-state index in [1.807, 2.05) is 24.3 Å². The number of rotatable bonds is 7. The van der Waals surface area contributed by atoms with Crippen molar-refractivity contribution in [2.45, 2.75) is 23.8 Å². The Kier molecular flexibility index (Phi) is 7.03. The standard InChI is InChI=1S/C27H27N3O5S2/c1-29(20-6-4-3-5-7-20)37(32,33)23-11-8-19(9-12-23)26(31)30-16-14-21(15-17-30)35-27-28-24-18-22(34-2)10-13-25(24)36-27/h3-13,18,21H,14-17H2,1-2H3. The van der Waals surface area contributed by atoms with Crippen LogP contribution in [0.1, 0.15) is 23.2 Å². The van der Waals surface area contributed by atoms with E-state index in [1.54, 1.807) is 48.4 Å². The summed E-state index contributed by atoms with van der Waals surface area (Å²) >= 11 is 1.50. The summed E-state index contributed by atoms with van der Waals surface area (Å²) in [6.45, 7) is 1.11. The second kappa shape index (κ2) is 10.4. The molecular formula is C27H27N3O5S2. The summed E-state index contributed by atoms with van der Waals surface area (Å²) < 4.78 is 39.6. The maximum Gasteiger partial charge on any atom is 0.274 e. The lowest BCUT2D eigenvalue weighted by molar-refractivity contribution is 0.0595. The molecule has 5 rings (SSSR count). The number of nitrogens with zero attached hydrogens (tertiary/aromatic N) is 3. The van der Waals surface area contributed by atoms with Gasteiger partial charge in [-0.2, -0.15) is 0 Å². The number of para-hydroxylation sites is 1. The summed E-state index contributed by atoms with van der Waals surface area (Å²) in [6, 6.07) is 20.7. The van der Waals surface area contributed by atoms with Crippen LogP contribution in [0.3, 0.4) is 0 Å². The molecular weight excluding hydrogens is 510 g/mol. The van der Waals surface area contributed by atoms with Gasteiger partial charge in [-0.25, -0.2) is 13.4 Å². The van der Waals surface area contributed by atoms with E-state index < -0.39 is 10.0 Å². The van der Waals surface area contributed by atoms with Crippen molar-refractivity contribution < 1.29 is 22.7 Å². The number of carbonyl (C=O) groups is 1. The number of carbonyl (C=O) groups excluding carboxylic acids is 1. The van der Waals surface area contributed by atoms with E-state index >= 15 is 0 Å². The molecule has 192 valence electrons. The predicted octanol–water partition coefficient (Wildman–Crippen LogP) is 4.81. The molecule has 0 N–H and O–H groups in total. The number of aromatic nitrogens is 1. The molecule has 1 aliphatic rings. The normalized spacial score (nSPS) is 14.5. The van der Waals surface area contributed by atoms with Gasteiger partial charge in [-0.05, 0) is 48.5 Å². The van der Waals surface area contributed by atoms with Crippen LogP contribution >= 0.6 is 11.3 Å². The number of benzene rings is 3. The lowest BCUT2D eigenvalue weighted by Gasteiger charge is -2.31. The minimum absolute atomic E-state index is 0.0208. The van der Waals surface area contributed by atoms with Crippen LogP contribution in [0.25, 0.3) is 10.2 Å². The monoisotopic (exact) mass is 537 g/mol. The Morgan fingerprint density at radius 2 is 1.73 bits per heavy atom. The lowest BCUT2D eigenvalue weighted by Crippen LogP contribution is -2.41. The highest BCUT2D eigenvalue weighted by atomic mass is 32.2. The zero-order valence-corrected chi connectivity index (χ0v) is 22.2. The minimum atomic E-state index is -3.73. The second-order valence-corrected chi connectivity index (χ2v) is 11.7. The average molecular weight is 538 g/mol. The molecule has 1 saturated heterocycles. The highest BCUT2D eigenvalue weighted by Crippen LogP contribution is 2.32. The fraction of sp³-hybridized carbons (Fsp3) is 0.259. The largest absolute Gasteiger partial charge is 0.497 e. The number of likely N-dealkylation sites (tertiary alicyclic amines) is 1. The van der Waals surface area contributed by atoms with Crippen molar-refractivity contribution in [1.29, 1.82) is 0 Å². The number of anilines is 1. The quantitative estimate of drug-likeness (QED) is 0.336. The van der Waals surface area contributed by atoms with Crippen LogP contribution in [-0.2, 0) is 10.0 Å². The highest BCUT2D eigenvalue weighted by molar-refractivity contribution is 7.92. The molecule has 0 radical (unpaired) electrons. The zero-order chi connectivity index (χ0) is 26.0. The van der Waals surface area contributed by atoms with E-state index in [0.29, 0.717) is 42.4 Å². The fourth-order valence-electron chi connectivity index (χ4n) is 4.27. The van der Waals surface area contributed by atoms with Gasteiger partial charge in [-0.1, -0.05) is 29.5 Å². The van der Waals surface area contributed by atoms with Crippen molar-refractivity contribution in [1.82, 2.24) is 9.88 Å². The molecule has 0 spiro atoms. The van der Waals surface area contributed by atoms with Crippen LogP contribution in [0.2, 0.25) is 0 Å². The van der Waals surface area contributed by atoms with Gasteiger partial charge >= 0.3 is 0 Å². The second-order valence-electron chi connectivity index (χ2n) is 8.76. The summed E-state index contributed by atoms with van der Waals surface area (Å²) in [5.41, 5.74) is 1.87. The molecule has 0 atom stereocenters. The van der Waals surface area contributed by atoms with E-state index in [4.69, 9.17) is 9.47 Å². The van der Waals surface area contributed by atoms with Gasteiger partial charge in [0.2, 0.25) is 0 Å². The van der Waals surface area contributed by atoms with Crippen LogP contribution in [0.5, 0.6) is 10.9 Å². The molecule has 1 fully saturated rings. The summed E-state index contributed by atoms with van der Waals surface area (Å²) in [6.07, 6.45) is 1.37. The van der Waals surface area contributed by atoms with Crippen LogP contribution in [-0.4, -0.2) is 57.6 Å². The third-order valence-electron chi connectivity index (χ3n) is 6.45. The molecule has 0 saturated carbocycles. The Morgan fingerprint density at radius 1 is 1.03 bits per heavy atom. The molecule has 0 unspecified atom stereocenters. The smallest absolute Gasteiger partial charge is 0.274 e. The Balaban J connectivity index is 1.19. The van der Waals surface area contributed by atoms with Gasteiger partial charge in [0.05, 0.1) is 27.9 Å². The van der Waals surface area contributed by atoms with Crippen LogP contribution < -0.4 is 13.8 Å². The van der Waals surface area contributed by atoms with E-state index in [1.165, 1.54) is 34.8 Å². The maximum absolute atomic E-state index is 13.1. The number of methoxy groups -OCH3 is 1. The number of hydrogen-bond donors (Lipinski definition) is 0. The number of fused-ring (bicyclic) bond motifs is 1. The van der Waals surface area contributed by atoms with Crippen molar-refractivity contribution in [3.05, 3.63) is 78.4 Å². The summed E-state index contributed by atoms with van der Waals surface area (Å²) in [5.74, 6) is 0.635. The van der Waals surface area contributed by atoms with Gasteiger partial charge in [0.15, 0.2) is 0 Å². The molecule has 4 aromatic rings. The van der Waals surface area contributed by atoms with E-state index in [2.05, 4.69) is 4.98 Å². The van der Waals surface area contributed by atoms with Crippen molar-refractivity contribution in [3.8, 4) is 10.9 Å². The first-order chi connectivity index (χ1) is 17.8. The Bertz CT molecular complexity index is 1500. The van der Waals surface area contributed by atoms with Gasteiger partial charge in [0, 0.05) is 44.6 Å². The molecule has 0 aliphatic carbocycles. The average Bonchev–Trinajstić information content (AvgIpc) is 3.34. The number of thiazole rings is 1. The Labute approximate surface area is 220 Å².